The van der Waals surface area contributed by atoms with Crippen molar-refractivity contribution in [1.82, 2.24) is 0 Å². The molecule has 0 fully saturated rings. The summed E-state index contributed by atoms with van der Waals surface area (Å²) in [4.78, 5) is 0.384. The molecule has 0 saturated carbocycles. The van der Waals surface area contributed by atoms with Crippen molar-refractivity contribution >= 4 is 15.5 Å². The minimum Gasteiger partial charge on any atom is -0.396 e. The van der Waals surface area contributed by atoms with E-state index in [0.717, 1.165) is 11.1 Å². The molecule has 1 atom stereocenters. The number of hydrogen-bond donors (Lipinski definition) is 2. The number of nitrogens with one attached hydrogen (secondary N) is 1. The molecule has 1 aromatic rings. The van der Waals surface area contributed by atoms with Crippen LogP contribution in [0.2, 0.25) is 0 Å². The Balaban J connectivity index is 2.53. The van der Waals surface area contributed by atoms with E-state index in [4.69, 9.17) is 5.11 Å². The van der Waals surface area contributed by atoms with Crippen LogP contribution in [-0.4, -0.2) is 31.9 Å². The smallest absolute Gasteiger partial charge is 0.182 e. The molecule has 1 aliphatic rings. The van der Waals surface area contributed by atoms with Gasteiger partial charge in [-0.05, 0) is 37.5 Å². The second-order valence-electron chi connectivity index (χ2n) is 4.52. The lowest BCUT2D eigenvalue weighted by molar-refractivity contribution is 0.282. The molecule has 0 bridgehead atoms. The number of rotatable bonds is 2. The number of sulfone groups is 1. The quantitative estimate of drug-likeness (QED) is 0.835. The lowest BCUT2D eigenvalue weighted by atomic mass is 10.1. The van der Waals surface area contributed by atoms with Crippen LogP contribution in [0.15, 0.2) is 17.0 Å². The Morgan fingerprint density at radius 2 is 2.12 bits per heavy atom. The third-order valence-corrected chi connectivity index (χ3v) is 5.13. The molecule has 1 aliphatic heterocycles. The van der Waals surface area contributed by atoms with Gasteiger partial charge in [0.05, 0.1) is 16.3 Å². The Morgan fingerprint density at radius 3 is 2.76 bits per heavy atom. The predicted octanol–water partition coefficient (Wildman–Crippen LogP) is 1.25. The summed E-state index contributed by atoms with van der Waals surface area (Å²) in [6, 6.07) is 3.30. The summed E-state index contributed by atoms with van der Waals surface area (Å²) < 4.78 is 24.2. The number of aliphatic hydroxyl groups excluding tert-OH is 1. The topological polar surface area (TPSA) is 66.4 Å². The summed E-state index contributed by atoms with van der Waals surface area (Å²) in [5, 5.41) is 12.1. The van der Waals surface area contributed by atoms with Gasteiger partial charge in [-0.2, -0.15) is 0 Å². The Bertz CT molecular complexity index is 537. The molecular weight excluding hydrogens is 238 g/mol. The summed E-state index contributed by atoms with van der Waals surface area (Å²) in [7, 11) is -3.23. The van der Waals surface area contributed by atoms with E-state index in [1.54, 1.807) is 6.07 Å². The summed E-state index contributed by atoms with van der Waals surface area (Å²) in [5.41, 5.74) is 2.74. The van der Waals surface area contributed by atoms with Crippen molar-refractivity contribution in [2.45, 2.75) is 31.2 Å². The molecule has 0 aliphatic carbocycles. The first-order valence-corrected chi connectivity index (χ1v) is 7.31. The SMILES string of the molecule is Cc1ccc2c(c1C)NC(CCO)CS2(=O)=O. The van der Waals surface area contributed by atoms with Crippen LogP contribution in [0.4, 0.5) is 5.69 Å². The molecule has 1 unspecified atom stereocenters. The molecule has 0 amide bonds. The third kappa shape index (κ3) is 2.17. The molecule has 94 valence electrons. The van der Waals surface area contributed by atoms with E-state index in [9.17, 15) is 8.42 Å². The van der Waals surface area contributed by atoms with E-state index < -0.39 is 9.84 Å². The number of anilines is 1. The highest BCUT2D eigenvalue weighted by Crippen LogP contribution is 2.33. The first-order chi connectivity index (χ1) is 7.95. The fraction of sp³-hybridized carbons (Fsp3) is 0.500. The molecule has 2 rings (SSSR count). The van der Waals surface area contributed by atoms with Crippen LogP contribution in [0.1, 0.15) is 17.5 Å². The highest BCUT2D eigenvalue weighted by molar-refractivity contribution is 7.91. The molecule has 0 spiro atoms. The van der Waals surface area contributed by atoms with Crippen LogP contribution in [0.3, 0.4) is 0 Å². The normalized spacial score (nSPS) is 21.7. The van der Waals surface area contributed by atoms with E-state index in [1.165, 1.54) is 0 Å². The van der Waals surface area contributed by atoms with Gasteiger partial charge in [0.1, 0.15) is 0 Å². The van der Waals surface area contributed by atoms with Gasteiger partial charge in [0.15, 0.2) is 9.84 Å². The molecule has 1 aromatic carbocycles. The molecule has 0 aromatic heterocycles. The van der Waals surface area contributed by atoms with E-state index in [1.807, 2.05) is 19.9 Å². The maximum atomic E-state index is 12.1. The summed E-state index contributed by atoms with van der Waals surface area (Å²) in [6.45, 7) is 3.87. The minimum atomic E-state index is -3.23. The molecule has 0 radical (unpaired) electrons. The zero-order chi connectivity index (χ0) is 12.6. The van der Waals surface area contributed by atoms with Crippen LogP contribution in [-0.2, 0) is 9.84 Å². The lowest BCUT2D eigenvalue weighted by Gasteiger charge is -2.28. The highest BCUT2D eigenvalue weighted by Gasteiger charge is 2.30. The third-order valence-electron chi connectivity index (χ3n) is 3.28. The minimum absolute atomic E-state index is 0.00656. The Hall–Kier alpha value is -1.07. The van der Waals surface area contributed by atoms with E-state index in [0.29, 0.717) is 17.0 Å². The number of aliphatic hydroxyl groups is 1. The second kappa shape index (κ2) is 4.31. The molecule has 1 heterocycles. The zero-order valence-corrected chi connectivity index (χ0v) is 10.8. The predicted molar refractivity (Wildman–Crippen MR) is 67.1 cm³/mol. The number of aryl methyl sites for hydroxylation is 1. The summed E-state index contributed by atoms with van der Waals surface area (Å²) in [6.07, 6.45) is 0.450. The van der Waals surface area contributed by atoms with Gasteiger partial charge in [-0.15, -0.1) is 0 Å². The number of fused-ring (bicyclic) bond motifs is 1. The van der Waals surface area contributed by atoms with E-state index in [2.05, 4.69) is 5.32 Å². The fourth-order valence-electron chi connectivity index (χ4n) is 2.14. The zero-order valence-electron chi connectivity index (χ0n) is 10.0. The van der Waals surface area contributed by atoms with Crippen LogP contribution < -0.4 is 5.32 Å². The van der Waals surface area contributed by atoms with Gasteiger partial charge in [0, 0.05) is 12.6 Å². The lowest BCUT2D eigenvalue weighted by Crippen LogP contribution is -2.35. The highest BCUT2D eigenvalue weighted by atomic mass is 32.2. The molecular formula is C12H17NO3S. The molecule has 5 heteroatoms. The Labute approximate surface area is 102 Å². The monoisotopic (exact) mass is 255 g/mol. The molecule has 0 saturated heterocycles. The number of benzene rings is 1. The Morgan fingerprint density at radius 1 is 1.41 bits per heavy atom. The van der Waals surface area contributed by atoms with Gasteiger partial charge in [0.2, 0.25) is 0 Å². The van der Waals surface area contributed by atoms with Crippen LogP contribution >= 0.6 is 0 Å². The van der Waals surface area contributed by atoms with E-state index in [-0.39, 0.29) is 18.4 Å². The van der Waals surface area contributed by atoms with Gasteiger partial charge in [-0.3, -0.25) is 0 Å². The van der Waals surface area contributed by atoms with Crippen molar-refractivity contribution < 1.29 is 13.5 Å². The van der Waals surface area contributed by atoms with Crippen LogP contribution in [0, 0.1) is 13.8 Å². The first kappa shape index (κ1) is 12.4. The molecule has 4 nitrogen and oxygen atoms in total. The maximum Gasteiger partial charge on any atom is 0.182 e. The van der Waals surface area contributed by atoms with Gasteiger partial charge in [-0.1, -0.05) is 6.07 Å². The number of hydrogen-bond acceptors (Lipinski definition) is 4. The largest absolute Gasteiger partial charge is 0.396 e. The average molecular weight is 255 g/mol. The standard InChI is InChI=1S/C12H17NO3S/c1-8-3-4-11-12(9(8)2)13-10(5-6-14)7-17(11,15)16/h3-4,10,13-14H,5-7H2,1-2H3. The van der Waals surface area contributed by atoms with Gasteiger partial charge < -0.3 is 10.4 Å². The Kier molecular flexibility index (Phi) is 3.14. The average Bonchev–Trinajstić information content (AvgIpc) is 2.23. The summed E-state index contributed by atoms with van der Waals surface area (Å²) in [5.74, 6) is 0.0586. The van der Waals surface area contributed by atoms with Crippen LogP contribution in [0.25, 0.3) is 0 Å². The maximum absolute atomic E-state index is 12.1. The first-order valence-electron chi connectivity index (χ1n) is 5.66. The van der Waals surface area contributed by atoms with Gasteiger partial charge >= 0.3 is 0 Å². The van der Waals surface area contributed by atoms with Gasteiger partial charge in [-0.25, -0.2) is 8.42 Å². The fourth-order valence-corrected chi connectivity index (χ4v) is 3.90. The molecule has 2 N–H and O–H groups in total. The van der Waals surface area contributed by atoms with Crippen molar-refractivity contribution in [3.63, 3.8) is 0 Å². The van der Waals surface area contributed by atoms with Crippen molar-refractivity contribution in [1.29, 1.82) is 0 Å². The van der Waals surface area contributed by atoms with E-state index >= 15 is 0 Å². The van der Waals surface area contributed by atoms with Crippen molar-refractivity contribution in [2.24, 2.45) is 0 Å². The van der Waals surface area contributed by atoms with Crippen LogP contribution in [0.5, 0.6) is 0 Å². The second-order valence-corrected chi connectivity index (χ2v) is 6.52. The van der Waals surface area contributed by atoms with Crippen molar-refractivity contribution in [3.8, 4) is 0 Å². The van der Waals surface area contributed by atoms with Crippen molar-refractivity contribution in [3.05, 3.63) is 23.3 Å². The summed E-state index contributed by atoms with van der Waals surface area (Å²) >= 11 is 0. The van der Waals surface area contributed by atoms with Gasteiger partial charge in [0.25, 0.3) is 0 Å². The molecule has 17 heavy (non-hydrogen) atoms. The van der Waals surface area contributed by atoms with Crippen molar-refractivity contribution in [2.75, 3.05) is 17.7 Å².